The van der Waals surface area contributed by atoms with Crippen LogP contribution < -0.4 is 16.4 Å². The highest BCUT2D eigenvalue weighted by atomic mass is 16.4. The SMILES string of the molecule is CCC(C)C(N)C(=O)NC1CNC(C(=O)O)C1CCCB(C)O. The van der Waals surface area contributed by atoms with Crippen molar-refractivity contribution >= 4 is 18.8 Å². The highest BCUT2D eigenvalue weighted by molar-refractivity contribution is 6.48. The van der Waals surface area contributed by atoms with E-state index in [1.54, 1.807) is 6.82 Å². The molecule has 1 aliphatic rings. The Labute approximate surface area is 138 Å². The van der Waals surface area contributed by atoms with Crippen LogP contribution in [0.5, 0.6) is 0 Å². The zero-order valence-corrected chi connectivity index (χ0v) is 14.3. The molecule has 0 radical (unpaired) electrons. The van der Waals surface area contributed by atoms with Crippen LogP contribution in [-0.2, 0) is 9.59 Å². The summed E-state index contributed by atoms with van der Waals surface area (Å²) in [5.41, 5.74) is 5.95. The fraction of sp³-hybridized carbons (Fsp3) is 0.867. The van der Waals surface area contributed by atoms with Crippen molar-refractivity contribution in [3.63, 3.8) is 0 Å². The van der Waals surface area contributed by atoms with Gasteiger partial charge in [-0.1, -0.05) is 33.5 Å². The number of carbonyl (C=O) groups is 2. The van der Waals surface area contributed by atoms with Crippen molar-refractivity contribution in [3.8, 4) is 0 Å². The summed E-state index contributed by atoms with van der Waals surface area (Å²) in [6.07, 6.45) is 2.79. The van der Waals surface area contributed by atoms with Crippen LogP contribution in [0.25, 0.3) is 0 Å². The standard InChI is InChI=1S/C15H30BN3O4/c1-4-9(2)12(17)14(20)19-11-8-18-13(15(21)22)10(11)6-5-7-16(3)23/h9-13,18,23H,4-8,17H2,1-3H3,(H,19,20)(H,21,22). The molecule has 1 amide bonds. The number of carbonyl (C=O) groups excluding carboxylic acids is 1. The predicted molar refractivity (Wildman–Crippen MR) is 90.2 cm³/mol. The highest BCUT2D eigenvalue weighted by Gasteiger charge is 2.41. The van der Waals surface area contributed by atoms with Gasteiger partial charge in [-0.3, -0.25) is 9.59 Å². The summed E-state index contributed by atoms with van der Waals surface area (Å²) in [5.74, 6) is -1.25. The van der Waals surface area contributed by atoms with E-state index in [9.17, 15) is 19.7 Å². The number of carboxylic acid groups (broad SMARTS) is 1. The van der Waals surface area contributed by atoms with Gasteiger partial charge in [0.1, 0.15) is 6.04 Å². The second-order valence-corrected chi connectivity index (χ2v) is 6.69. The molecule has 1 rings (SSSR count). The van der Waals surface area contributed by atoms with Crippen molar-refractivity contribution in [2.45, 2.75) is 64.4 Å². The van der Waals surface area contributed by atoms with E-state index in [0.29, 0.717) is 19.3 Å². The monoisotopic (exact) mass is 327 g/mol. The number of rotatable bonds is 9. The summed E-state index contributed by atoms with van der Waals surface area (Å²) < 4.78 is 0. The van der Waals surface area contributed by atoms with Gasteiger partial charge in [0, 0.05) is 18.5 Å². The molecule has 6 N–H and O–H groups in total. The number of nitrogens with two attached hydrogens (primary N) is 1. The number of nitrogens with one attached hydrogen (secondary N) is 2. The highest BCUT2D eigenvalue weighted by Crippen LogP contribution is 2.24. The lowest BCUT2D eigenvalue weighted by molar-refractivity contribution is -0.140. The minimum absolute atomic E-state index is 0.0771. The lowest BCUT2D eigenvalue weighted by atomic mass is 9.66. The number of amides is 1. The molecule has 0 aliphatic carbocycles. The summed E-state index contributed by atoms with van der Waals surface area (Å²) >= 11 is 0. The van der Waals surface area contributed by atoms with Crippen molar-refractivity contribution in [2.24, 2.45) is 17.6 Å². The van der Waals surface area contributed by atoms with Crippen LogP contribution >= 0.6 is 0 Å². The lowest BCUT2D eigenvalue weighted by Gasteiger charge is -2.25. The Bertz CT molecular complexity index is 408. The fourth-order valence-electron chi connectivity index (χ4n) is 3.03. The van der Waals surface area contributed by atoms with Crippen molar-refractivity contribution in [2.75, 3.05) is 6.54 Å². The van der Waals surface area contributed by atoms with Crippen LogP contribution in [0.3, 0.4) is 0 Å². The molecule has 23 heavy (non-hydrogen) atoms. The molecule has 1 fully saturated rings. The van der Waals surface area contributed by atoms with Crippen LogP contribution in [0.2, 0.25) is 13.1 Å². The minimum Gasteiger partial charge on any atom is -0.480 e. The fourth-order valence-corrected chi connectivity index (χ4v) is 3.03. The van der Waals surface area contributed by atoms with Gasteiger partial charge in [-0.15, -0.1) is 0 Å². The Kier molecular flexibility index (Phi) is 8.01. The van der Waals surface area contributed by atoms with E-state index in [2.05, 4.69) is 10.6 Å². The average molecular weight is 327 g/mol. The predicted octanol–water partition coefficient (Wildman–Crippen LogP) is -0.0890. The largest absolute Gasteiger partial charge is 0.480 e. The van der Waals surface area contributed by atoms with Crippen molar-refractivity contribution in [1.29, 1.82) is 0 Å². The zero-order chi connectivity index (χ0) is 17.6. The second-order valence-electron chi connectivity index (χ2n) is 6.69. The third kappa shape index (κ3) is 5.78. The van der Waals surface area contributed by atoms with Gasteiger partial charge in [0.05, 0.1) is 6.04 Å². The molecule has 8 heteroatoms. The smallest absolute Gasteiger partial charge is 0.321 e. The average Bonchev–Trinajstić information content (AvgIpc) is 2.88. The van der Waals surface area contributed by atoms with E-state index in [1.807, 2.05) is 13.8 Å². The van der Waals surface area contributed by atoms with Gasteiger partial charge in [0.25, 0.3) is 6.92 Å². The molecule has 7 nitrogen and oxygen atoms in total. The number of hydrogen-bond donors (Lipinski definition) is 5. The summed E-state index contributed by atoms with van der Waals surface area (Å²) in [6, 6.07) is -1.50. The normalized spacial score (nSPS) is 26.6. The van der Waals surface area contributed by atoms with Gasteiger partial charge in [0.15, 0.2) is 0 Å². The van der Waals surface area contributed by atoms with E-state index < -0.39 is 25.0 Å². The molecule has 0 bridgehead atoms. The van der Waals surface area contributed by atoms with Crippen molar-refractivity contribution < 1.29 is 19.7 Å². The number of aliphatic carboxylic acids is 1. The third-order valence-corrected chi connectivity index (χ3v) is 4.82. The van der Waals surface area contributed by atoms with Crippen LogP contribution in [-0.4, -0.2) is 53.6 Å². The second kappa shape index (κ2) is 9.25. The summed E-state index contributed by atoms with van der Waals surface area (Å²) in [6.45, 7) is 5.65. The Hall–Kier alpha value is -1.12. The summed E-state index contributed by atoms with van der Waals surface area (Å²) in [5, 5.41) is 24.6. The molecular formula is C15H30BN3O4. The Balaban J connectivity index is 2.67. The third-order valence-electron chi connectivity index (χ3n) is 4.82. The van der Waals surface area contributed by atoms with Crippen LogP contribution in [0.15, 0.2) is 0 Å². The number of hydrogen-bond acceptors (Lipinski definition) is 5. The van der Waals surface area contributed by atoms with Gasteiger partial charge >= 0.3 is 5.97 Å². The Morgan fingerprint density at radius 2 is 2.13 bits per heavy atom. The molecule has 1 heterocycles. The number of carboxylic acids is 1. The van der Waals surface area contributed by atoms with E-state index >= 15 is 0 Å². The molecule has 1 saturated heterocycles. The minimum atomic E-state index is -0.907. The first-order valence-corrected chi connectivity index (χ1v) is 8.48. The first kappa shape index (κ1) is 19.9. The molecule has 0 aromatic heterocycles. The quantitative estimate of drug-likeness (QED) is 0.377. The first-order chi connectivity index (χ1) is 10.8. The molecule has 0 aromatic rings. The summed E-state index contributed by atoms with van der Waals surface area (Å²) in [4.78, 5) is 23.6. The maximum absolute atomic E-state index is 12.3. The first-order valence-electron chi connectivity index (χ1n) is 8.48. The van der Waals surface area contributed by atoms with Crippen molar-refractivity contribution in [3.05, 3.63) is 0 Å². The lowest BCUT2D eigenvalue weighted by Crippen LogP contribution is -2.51. The molecule has 0 aromatic carbocycles. The van der Waals surface area contributed by atoms with Gasteiger partial charge < -0.3 is 26.5 Å². The van der Waals surface area contributed by atoms with E-state index in [-0.39, 0.29) is 23.8 Å². The van der Waals surface area contributed by atoms with Crippen LogP contribution in [0.4, 0.5) is 0 Å². The maximum atomic E-state index is 12.3. The van der Waals surface area contributed by atoms with E-state index in [1.165, 1.54) is 0 Å². The molecule has 1 aliphatic heterocycles. The van der Waals surface area contributed by atoms with Crippen LogP contribution in [0.1, 0.15) is 33.1 Å². The van der Waals surface area contributed by atoms with E-state index in [0.717, 1.165) is 12.8 Å². The van der Waals surface area contributed by atoms with Gasteiger partial charge in [-0.2, -0.15) is 0 Å². The molecule has 0 saturated carbocycles. The van der Waals surface area contributed by atoms with Crippen molar-refractivity contribution in [1.82, 2.24) is 10.6 Å². The molecular weight excluding hydrogens is 297 g/mol. The molecule has 132 valence electrons. The Morgan fingerprint density at radius 3 is 2.65 bits per heavy atom. The zero-order valence-electron chi connectivity index (χ0n) is 14.3. The maximum Gasteiger partial charge on any atom is 0.321 e. The van der Waals surface area contributed by atoms with Gasteiger partial charge in [0.2, 0.25) is 5.91 Å². The molecule has 0 spiro atoms. The topological polar surface area (TPSA) is 125 Å². The van der Waals surface area contributed by atoms with Gasteiger partial charge in [-0.05, 0) is 18.7 Å². The van der Waals surface area contributed by atoms with Crippen LogP contribution in [0, 0.1) is 11.8 Å². The molecule has 5 unspecified atom stereocenters. The van der Waals surface area contributed by atoms with Gasteiger partial charge in [-0.25, -0.2) is 0 Å². The summed E-state index contributed by atoms with van der Waals surface area (Å²) in [7, 11) is 0. The Morgan fingerprint density at radius 1 is 1.48 bits per heavy atom. The van der Waals surface area contributed by atoms with E-state index in [4.69, 9.17) is 5.73 Å². The molecule has 5 atom stereocenters.